The molecule has 1 aliphatic heterocycles. The van der Waals surface area contributed by atoms with Crippen LogP contribution in [0.2, 0.25) is 0 Å². The summed E-state index contributed by atoms with van der Waals surface area (Å²) in [7, 11) is 1.98. The average Bonchev–Trinajstić information content (AvgIpc) is 2.40. The van der Waals surface area contributed by atoms with E-state index in [4.69, 9.17) is 5.73 Å². The van der Waals surface area contributed by atoms with Gasteiger partial charge in [-0.05, 0) is 5.75 Å². The van der Waals surface area contributed by atoms with Crippen molar-refractivity contribution in [2.75, 3.05) is 5.75 Å². The van der Waals surface area contributed by atoms with Crippen molar-refractivity contribution in [1.29, 1.82) is 0 Å². The Labute approximate surface area is 76.3 Å². The minimum Gasteiger partial charge on any atom is -0.325 e. The molecular weight excluding hydrogens is 170 g/mol. The van der Waals surface area contributed by atoms with Gasteiger partial charge in [0, 0.05) is 31.3 Å². The Balaban J connectivity index is 2.46. The number of aryl methyl sites for hydroxylation is 2. The zero-order chi connectivity index (χ0) is 8.55. The van der Waals surface area contributed by atoms with E-state index < -0.39 is 0 Å². The Morgan fingerprint density at radius 3 is 3.25 bits per heavy atom. The van der Waals surface area contributed by atoms with E-state index in [1.807, 2.05) is 23.5 Å². The maximum atomic E-state index is 5.65. The quantitative estimate of drug-likeness (QED) is 0.696. The lowest BCUT2D eigenvalue weighted by atomic mass is 10.1. The van der Waals surface area contributed by atoms with Gasteiger partial charge in [0.1, 0.15) is 0 Å². The number of hydrogen-bond acceptors (Lipinski definition) is 3. The summed E-state index contributed by atoms with van der Waals surface area (Å²) < 4.78 is 1.93. The third-order valence-electron chi connectivity index (χ3n) is 2.28. The highest BCUT2D eigenvalue weighted by Gasteiger charge is 2.17. The summed E-state index contributed by atoms with van der Waals surface area (Å²) >= 11 is 1.97. The van der Waals surface area contributed by atoms with Crippen LogP contribution in [0.5, 0.6) is 0 Å². The second-order valence-corrected chi connectivity index (χ2v) is 4.11. The fraction of sp³-hybridized carbons (Fsp3) is 0.625. The highest BCUT2D eigenvalue weighted by Crippen LogP contribution is 2.26. The number of rotatable bonds is 1. The summed E-state index contributed by atoms with van der Waals surface area (Å²) in [5.41, 5.74) is 9.50. The van der Waals surface area contributed by atoms with Crippen LogP contribution in [0.25, 0.3) is 0 Å². The second-order valence-electron chi connectivity index (χ2n) is 3.00. The lowest BCUT2D eigenvalue weighted by Gasteiger charge is -2.09. The van der Waals surface area contributed by atoms with Crippen LogP contribution in [-0.4, -0.2) is 15.5 Å². The van der Waals surface area contributed by atoms with E-state index in [2.05, 4.69) is 5.10 Å². The van der Waals surface area contributed by atoms with Gasteiger partial charge in [0.2, 0.25) is 0 Å². The van der Waals surface area contributed by atoms with Gasteiger partial charge in [0.05, 0.1) is 11.4 Å². The molecule has 0 aromatic carbocycles. The molecule has 2 rings (SSSR count). The number of hydrogen-bond donors (Lipinski definition) is 1. The molecule has 1 aromatic rings. The van der Waals surface area contributed by atoms with E-state index in [0.717, 1.165) is 12.2 Å². The van der Waals surface area contributed by atoms with Gasteiger partial charge in [-0.1, -0.05) is 0 Å². The van der Waals surface area contributed by atoms with Crippen LogP contribution in [0.4, 0.5) is 0 Å². The Hall–Kier alpha value is -0.480. The Bertz CT molecular complexity index is 293. The average molecular weight is 183 g/mol. The van der Waals surface area contributed by atoms with E-state index in [9.17, 15) is 0 Å². The van der Waals surface area contributed by atoms with Crippen LogP contribution in [0.15, 0.2) is 0 Å². The fourth-order valence-corrected chi connectivity index (χ4v) is 2.65. The molecule has 66 valence electrons. The standard InChI is InChI=1S/C8H13N3S/c1-11-8(4-9)6-5-12-3-2-7(6)10-11/h2-5,9H2,1H3. The van der Waals surface area contributed by atoms with Crippen molar-refractivity contribution in [3.63, 3.8) is 0 Å². The van der Waals surface area contributed by atoms with Crippen LogP contribution in [-0.2, 0) is 25.8 Å². The minimum atomic E-state index is 0.611. The fourth-order valence-electron chi connectivity index (χ4n) is 1.63. The highest BCUT2D eigenvalue weighted by molar-refractivity contribution is 7.98. The summed E-state index contributed by atoms with van der Waals surface area (Å²) in [5, 5.41) is 4.45. The number of nitrogens with zero attached hydrogens (tertiary/aromatic N) is 2. The van der Waals surface area contributed by atoms with E-state index in [-0.39, 0.29) is 0 Å². The predicted octanol–water partition coefficient (Wildman–Crippen LogP) is 0.668. The third-order valence-corrected chi connectivity index (χ3v) is 3.27. The Kier molecular flexibility index (Phi) is 2.11. The molecule has 0 saturated heterocycles. The van der Waals surface area contributed by atoms with Crippen LogP contribution >= 0.6 is 11.8 Å². The van der Waals surface area contributed by atoms with E-state index in [1.165, 1.54) is 22.7 Å². The summed E-state index contributed by atoms with van der Waals surface area (Å²) in [5.74, 6) is 2.30. The summed E-state index contributed by atoms with van der Waals surface area (Å²) in [6.45, 7) is 0.611. The smallest absolute Gasteiger partial charge is 0.0676 e. The van der Waals surface area contributed by atoms with Gasteiger partial charge in [-0.2, -0.15) is 16.9 Å². The zero-order valence-corrected chi connectivity index (χ0v) is 8.02. The maximum Gasteiger partial charge on any atom is 0.0676 e. The first-order chi connectivity index (χ1) is 5.83. The second kappa shape index (κ2) is 3.11. The van der Waals surface area contributed by atoms with Crippen molar-refractivity contribution in [1.82, 2.24) is 9.78 Å². The summed E-state index contributed by atoms with van der Waals surface area (Å²) in [4.78, 5) is 0. The van der Waals surface area contributed by atoms with Gasteiger partial charge in [-0.25, -0.2) is 0 Å². The van der Waals surface area contributed by atoms with Crippen molar-refractivity contribution >= 4 is 11.8 Å². The molecule has 0 radical (unpaired) electrons. The zero-order valence-electron chi connectivity index (χ0n) is 7.21. The van der Waals surface area contributed by atoms with E-state index in [1.54, 1.807) is 0 Å². The Morgan fingerprint density at radius 2 is 2.50 bits per heavy atom. The number of fused-ring (bicyclic) bond motifs is 1. The molecule has 0 atom stereocenters. The number of aromatic nitrogens is 2. The largest absolute Gasteiger partial charge is 0.325 e. The first kappa shape index (κ1) is 8.13. The molecule has 0 spiro atoms. The first-order valence-corrected chi connectivity index (χ1v) is 5.30. The van der Waals surface area contributed by atoms with Crippen LogP contribution < -0.4 is 5.73 Å². The predicted molar refractivity (Wildman–Crippen MR) is 51.0 cm³/mol. The van der Waals surface area contributed by atoms with Gasteiger partial charge in [-0.15, -0.1) is 0 Å². The molecule has 0 fully saturated rings. The molecule has 0 saturated carbocycles. The molecular formula is C8H13N3S. The molecule has 0 bridgehead atoms. The lowest BCUT2D eigenvalue weighted by Crippen LogP contribution is -2.07. The van der Waals surface area contributed by atoms with Crippen molar-refractivity contribution in [3.8, 4) is 0 Å². The van der Waals surface area contributed by atoms with Gasteiger partial charge >= 0.3 is 0 Å². The molecule has 0 unspecified atom stereocenters. The first-order valence-electron chi connectivity index (χ1n) is 4.14. The number of thioether (sulfide) groups is 1. The topological polar surface area (TPSA) is 43.8 Å². The molecule has 0 amide bonds. The van der Waals surface area contributed by atoms with Crippen molar-refractivity contribution < 1.29 is 0 Å². The van der Waals surface area contributed by atoms with E-state index in [0.29, 0.717) is 6.54 Å². The highest BCUT2D eigenvalue weighted by atomic mass is 32.2. The van der Waals surface area contributed by atoms with Gasteiger partial charge in [0.15, 0.2) is 0 Å². The van der Waals surface area contributed by atoms with Crippen molar-refractivity contribution in [3.05, 3.63) is 17.0 Å². The SMILES string of the molecule is Cn1nc2c(c1CN)CSCC2. The molecule has 3 nitrogen and oxygen atoms in total. The molecule has 1 aliphatic rings. The van der Waals surface area contributed by atoms with Crippen molar-refractivity contribution in [2.24, 2.45) is 12.8 Å². The molecule has 0 aliphatic carbocycles. The van der Waals surface area contributed by atoms with Gasteiger partial charge in [0.25, 0.3) is 0 Å². The lowest BCUT2D eigenvalue weighted by molar-refractivity contribution is 0.700. The van der Waals surface area contributed by atoms with Crippen LogP contribution in [0.1, 0.15) is 17.0 Å². The number of nitrogens with two attached hydrogens (primary N) is 1. The van der Waals surface area contributed by atoms with E-state index >= 15 is 0 Å². The molecule has 1 aromatic heterocycles. The summed E-state index contributed by atoms with van der Waals surface area (Å²) in [6, 6.07) is 0. The monoisotopic (exact) mass is 183 g/mol. The molecule has 12 heavy (non-hydrogen) atoms. The molecule has 4 heteroatoms. The van der Waals surface area contributed by atoms with Crippen molar-refractivity contribution in [2.45, 2.75) is 18.7 Å². The third kappa shape index (κ3) is 1.15. The summed E-state index contributed by atoms with van der Waals surface area (Å²) in [6.07, 6.45) is 1.10. The normalized spacial score (nSPS) is 16.2. The maximum absolute atomic E-state index is 5.65. The Morgan fingerprint density at radius 1 is 1.67 bits per heavy atom. The van der Waals surface area contributed by atoms with Crippen LogP contribution in [0.3, 0.4) is 0 Å². The van der Waals surface area contributed by atoms with Gasteiger partial charge < -0.3 is 5.73 Å². The molecule has 2 heterocycles. The minimum absolute atomic E-state index is 0.611. The van der Waals surface area contributed by atoms with Gasteiger partial charge in [-0.3, -0.25) is 4.68 Å². The molecule has 2 N–H and O–H groups in total. The van der Waals surface area contributed by atoms with Crippen LogP contribution in [0, 0.1) is 0 Å².